The molecule has 2 fully saturated rings. The molecule has 2 aromatic rings. The lowest BCUT2D eigenvalue weighted by molar-refractivity contribution is -0.130. The summed E-state index contributed by atoms with van der Waals surface area (Å²) in [6, 6.07) is 6.89. The number of nitrogens with one attached hydrogen (secondary N) is 1. The Balaban J connectivity index is 1.14. The van der Waals surface area contributed by atoms with Gasteiger partial charge < -0.3 is 33.6 Å². The molecular formula is C21H22N2O7. The summed E-state index contributed by atoms with van der Waals surface area (Å²) in [5.41, 5.74) is 1.33. The SMILES string of the molecule is O=C(NC1CO[C@H]2CN(C(=O)Cc3ccc4c(c3)OCO4)C[C@@H]2OC1)c1ccoc1. The van der Waals surface area contributed by atoms with Crippen LogP contribution in [0.4, 0.5) is 0 Å². The van der Waals surface area contributed by atoms with Crippen LogP contribution in [0.5, 0.6) is 11.5 Å². The summed E-state index contributed by atoms with van der Waals surface area (Å²) < 4.78 is 27.5. The highest BCUT2D eigenvalue weighted by Crippen LogP contribution is 2.33. The van der Waals surface area contributed by atoms with Crippen LogP contribution in [0.1, 0.15) is 15.9 Å². The summed E-state index contributed by atoms with van der Waals surface area (Å²) in [4.78, 5) is 26.7. The number of furan rings is 1. The van der Waals surface area contributed by atoms with Gasteiger partial charge in [0.25, 0.3) is 5.91 Å². The van der Waals surface area contributed by atoms with Gasteiger partial charge in [-0.3, -0.25) is 9.59 Å². The second-order valence-electron chi connectivity index (χ2n) is 7.59. The van der Waals surface area contributed by atoms with Gasteiger partial charge in [0.2, 0.25) is 12.7 Å². The molecule has 1 N–H and O–H groups in total. The zero-order chi connectivity index (χ0) is 20.5. The number of hydrogen-bond acceptors (Lipinski definition) is 7. The van der Waals surface area contributed by atoms with Crippen LogP contribution in [0.25, 0.3) is 0 Å². The number of fused-ring (bicyclic) bond motifs is 2. The Hall–Kier alpha value is -3.04. The molecular weight excluding hydrogens is 392 g/mol. The lowest BCUT2D eigenvalue weighted by atomic mass is 10.1. The molecule has 4 heterocycles. The first-order valence-electron chi connectivity index (χ1n) is 9.88. The fourth-order valence-corrected chi connectivity index (χ4v) is 3.88. The predicted octanol–water partition coefficient (Wildman–Crippen LogP) is 0.976. The van der Waals surface area contributed by atoms with Crippen LogP contribution in [0, 0.1) is 0 Å². The number of rotatable bonds is 4. The second-order valence-corrected chi connectivity index (χ2v) is 7.59. The van der Waals surface area contributed by atoms with Gasteiger partial charge in [0.15, 0.2) is 11.5 Å². The Morgan fingerprint density at radius 3 is 2.53 bits per heavy atom. The van der Waals surface area contributed by atoms with E-state index in [2.05, 4.69) is 5.32 Å². The molecule has 0 unspecified atom stereocenters. The van der Waals surface area contributed by atoms with Crippen molar-refractivity contribution in [3.8, 4) is 11.5 Å². The Kier molecular flexibility index (Phi) is 5.06. The molecule has 0 spiro atoms. The van der Waals surface area contributed by atoms with E-state index in [1.165, 1.54) is 12.5 Å². The Labute approximate surface area is 172 Å². The normalized spacial score (nSPS) is 23.1. The average Bonchev–Trinajstić information content (AvgIpc) is 3.48. The highest BCUT2D eigenvalue weighted by Gasteiger charge is 2.39. The molecule has 9 nitrogen and oxygen atoms in total. The number of nitrogens with zero attached hydrogens (tertiary/aromatic N) is 1. The predicted molar refractivity (Wildman–Crippen MR) is 102 cm³/mol. The largest absolute Gasteiger partial charge is 0.472 e. The van der Waals surface area contributed by atoms with Gasteiger partial charge in [-0.05, 0) is 23.8 Å². The Morgan fingerprint density at radius 2 is 1.80 bits per heavy atom. The quantitative estimate of drug-likeness (QED) is 0.796. The number of likely N-dealkylation sites (tertiary alicyclic amines) is 1. The minimum Gasteiger partial charge on any atom is -0.472 e. The molecule has 1 aromatic carbocycles. The number of carbonyl (C=O) groups is 2. The molecule has 158 valence electrons. The highest BCUT2D eigenvalue weighted by molar-refractivity contribution is 5.93. The number of carbonyl (C=O) groups excluding carboxylic acids is 2. The fourth-order valence-electron chi connectivity index (χ4n) is 3.88. The summed E-state index contributed by atoms with van der Waals surface area (Å²) in [5, 5.41) is 2.89. The van der Waals surface area contributed by atoms with Crippen LogP contribution >= 0.6 is 0 Å². The van der Waals surface area contributed by atoms with Crippen molar-refractivity contribution in [2.75, 3.05) is 33.1 Å². The van der Waals surface area contributed by atoms with Crippen LogP contribution in [0.2, 0.25) is 0 Å². The Bertz CT molecular complexity index is 913. The topological polar surface area (TPSA) is 99.5 Å². The summed E-state index contributed by atoms with van der Waals surface area (Å²) in [6.07, 6.45) is 2.71. The van der Waals surface area contributed by atoms with Gasteiger partial charge >= 0.3 is 0 Å². The van der Waals surface area contributed by atoms with Crippen LogP contribution in [-0.4, -0.2) is 68.1 Å². The third kappa shape index (κ3) is 3.86. The lowest BCUT2D eigenvalue weighted by Crippen LogP contribution is -2.41. The van der Waals surface area contributed by atoms with E-state index in [9.17, 15) is 9.59 Å². The molecule has 0 aliphatic carbocycles. The molecule has 3 aliphatic heterocycles. The van der Waals surface area contributed by atoms with Crippen molar-refractivity contribution in [2.24, 2.45) is 0 Å². The van der Waals surface area contributed by atoms with E-state index < -0.39 is 0 Å². The molecule has 0 bridgehead atoms. The monoisotopic (exact) mass is 414 g/mol. The van der Waals surface area contributed by atoms with E-state index in [1.54, 1.807) is 11.0 Å². The molecule has 0 radical (unpaired) electrons. The number of ether oxygens (including phenoxy) is 4. The fraction of sp³-hybridized carbons (Fsp3) is 0.429. The van der Waals surface area contributed by atoms with Crippen LogP contribution in [-0.2, 0) is 20.7 Å². The molecule has 2 atom stereocenters. The van der Waals surface area contributed by atoms with Gasteiger partial charge in [0.05, 0.1) is 37.5 Å². The molecule has 5 rings (SSSR count). The molecule has 2 saturated heterocycles. The van der Waals surface area contributed by atoms with Gasteiger partial charge in [-0.1, -0.05) is 6.07 Å². The van der Waals surface area contributed by atoms with E-state index in [0.717, 1.165) is 5.56 Å². The number of amides is 2. The van der Waals surface area contributed by atoms with Crippen molar-refractivity contribution in [3.63, 3.8) is 0 Å². The maximum Gasteiger partial charge on any atom is 0.254 e. The molecule has 9 heteroatoms. The summed E-state index contributed by atoms with van der Waals surface area (Å²) in [7, 11) is 0. The van der Waals surface area contributed by atoms with Crippen LogP contribution in [0.15, 0.2) is 41.2 Å². The average molecular weight is 414 g/mol. The first-order chi connectivity index (χ1) is 14.7. The van der Waals surface area contributed by atoms with E-state index >= 15 is 0 Å². The number of hydrogen-bond donors (Lipinski definition) is 1. The van der Waals surface area contributed by atoms with Crippen molar-refractivity contribution in [1.82, 2.24) is 10.2 Å². The van der Waals surface area contributed by atoms with Gasteiger partial charge in [0.1, 0.15) is 18.5 Å². The molecule has 2 amide bonds. The third-order valence-corrected chi connectivity index (χ3v) is 5.50. The van der Waals surface area contributed by atoms with E-state index in [4.69, 9.17) is 23.4 Å². The third-order valence-electron chi connectivity index (χ3n) is 5.50. The van der Waals surface area contributed by atoms with Gasteiger partial charge in [-0.2, -0.15) is 0 Å². The molecule has 1 aromatic heterocycles. The van der Waals surface area contributed by atoms with Crippen molar-refractivity contribution >= 4 is 11.8 Å². The van der Waals surface area contributed by atoms with Crippen LogP contribution < -0.4 is 14.8 Å². The minimum absolute atomic E-state index is 0.0129. The van der Waals surface area contributed by atoms with E-state index in [1.807, 2.05) is 18.2 Å². The zero-order valence-electron chi connectivity index (χ0n) is 16.2. The second kappa shape index (κ2) is 8.00. The summed E-state index contributed by atoms with van der Waals surface area (Å²) in [5.74, 6) is 1.15. The van der Waals surface area contributed by atoms with Crippen molar-refractivity contribution in [3.05, 3.63) is 47.9 Å². The van der Waals surface area contributed by atoms with Crippen molar-refractivity contribution in [1.29, 1.82) is 0 Å². The maximum absolute atomic E-state index is 12.8. The van der Waals surface area contributed by atoms with E-state index in [-0.39, 0.29) is 43.3 Å². The molecule has 3 aliphatic rings. The van der Waals surface area contributed by atoms with Gasteiger partial charge in [-0.25, -0.2) is 0 Å². The first kappa shape index (κ1) is 19.0. The maximum atomic E-state index is 12.8. The van der Waals surface area contributed by atoms with Crippen LogP contribution in [0.3, 0.4) is 0 Å². The highest BCUT2D eigenvalue weighted by atomic mass is 16.7. The van der Waals surface area contributed by atoms with Crippen molar-refractivity contribution < 1.29 is 33.0 Å². The van der Waals surface area contributed by atoms with Gasteiger partial charge in [-0.15, -0.1) is 0 Å². The molecule has 0 saturated carbocycles. The minimum atomic E-state index is -0.254. The lowest BCUT2D eigenvalue weighted by Gasteiger charge is -2.19. The standard InChI is InChI=1S/C21H22N2O7/c24-20(6-13-1-2-16-17(5-13)30-12-29-16)23-7-18-19(8-23)28-11-15(10-27-18)22-21(25)14-3-4-26-9-14/h1-5,9,15,18-19H,6-8,10-12H2,(H,22,25)/t18-,19-/m0/s1. The van der Waals surface area contributed by atoms with Gasteiger partial charge in [0, 0.05) is 13.1 Å². The van der Waals surface area contributed by atoms with Crippen molar-refractivity contribution in [2.45, 2.75) is 24.7 Å². The first-order valence-corrected chi connectivity index (χ1v) is 9.88. The zero-order valence-corrected chi connectivity index (χ0v) is 16.2. The number of benzene rings is 1. The summed E-state index contributed by atoms with van der Waals surface area (Å²) in [6.45, 7) is 1.80. The Morgan fingerprint density at radius 1 is 1.03 bits per heavy atom. The van der Waals surface area contributed by atoms with E-state index in [0.29, 0.717) is 43.4 Å². The summed E-state index contributed by atoms with van der Waals surface area (Å²) >= 11 is 0. The smallest absolute Gasteiger partial charge is 0.254 e. The molecule has 30 heavy (non-hydrogen) atoms.